The molecule has 0 unspecified atom stereocenters. The van der Waals surface area contributed by atoms with E-state index < -0.39 is 5.82 Å². The topological polar surface area (TPSA) is 114 Å². The molecule has 0 saturated heterocycles. The average Bonchev–Trinajstić information content (AvgIpc) is 3.28. The Morgan fingerprint density at radius 3 is 2.76 bits per heavy atom. The lowest BCUT2D eigenvalue weighted by molar-refractivity contribution is 0.411. The number of H-pyrrole nitrogens is 1. The monoisotopic (exact) mass is 509 g/mol. The van der Waals surface area contributed by atoms with Crippen LogP contribution < -0.4 is 10.5 Å². The fraction of sp³-hybridized carbons (Fsp3) is 0.207. The highest BCUT2D eigenvalue weighted by molar-refractivity contribution is 6.53. The molecular weight excluding hydrogens is 481 g/mol. The van der Waals surface area contributed by atoms with E-state index in [1.807, 2.05) is 39.0 Å². The molecule has 0 saturated carbocycles. The minimum absolute atomic E-state index is 0.175. The molecule has 38 heavy (non-hydrogen) atoms. The number of aromatic nitrogens is 4. The van der Waals surface area contributed by atoms with Gasteiger partial charge >= 0.3 is 0 Å². The van der Waals surface area contributed by atoms with Gasteiger partial charge in [-0.25, -0.2) is 9.37 Å². The largest absolute Gasteiger partial charge is 0.497 e. The Labute approximate surface area is 219 Å². The minimum atomic E-state index is -0.414. The molecule has 0 aliphatic carbocycles. The van der Waals surface area contributed by atoms with Crippen LogP contribution in [0.5, 0.6) is 5.75 Å². The van der Waals surface area contributed by atoms with Gasteiger partial charge in [-0.05, 0) is 56.2 Å². The molecule has 1 aromatic carbocycles. The second-order valence-electron chi connectivity index (χ2n) is 8.98. The molecule has 0 amide bonds. The van der Waals surface area contributed by atoms with Crippen LogP contribution in [0.3, 0.4) is 0 Å². The highest BCUT2D eigenvalue weighted by Crippen LogP contribution is 2.30. The molecule has 4 aromatic rings. The van der Waals surface area contributed by atoms with E-state index >= 15 is 0 Å². The molecule has 0 spiro atoms. The van der Waals surface area contributed by atoms with Crippen LogP contribution in [0.25, 0.3) is 27.9 Å². The quantitative estimate of drug-likeness (QED) is 0.336. The molecule has 3 N–H and O–H groups in total. The van der Waals surface area contributed by atoms with Crippen LogP contribution in [0.1, 0.15) is 32.2 Å². The molecular formula is C29H28FN7O. The zero-order chi connectivity index (χ0) is 26.8. The lowest BCUT2D eigenvalue weighted by atomic mass is 10.0. The lowest BCUT2D eigenvalue weighted by Gasteiger charge is -2.14. The Morgan fingerprint density at radius 2 is 2.00 bits per heavy atom. The van der Waals surface area contributed by atoms with Crippen molar-refractivity contribution < 1.29 is 9.13 Å². The number of fused-ring (bicyclic) bond motifs is 1. The number of benzene rings is 1. The molecule has 9 heteroatoms. The van der Waals surface area contributed by atoms with Crippen LogP contribution in [0.15, 0.2) is 76.6 Å². The summed E-state index contributed by atoms with van der Waals surface area (Å²) in [5.41, 5.74) is 13.3. The number of hydrogen-bond donors (Lipinski definition) is 2. The van der Waals surface area contributed by atoms with E-state index in [0.717, 1.165) is 27.9 Å². The number of nitrogen functional groups attached to an aromatic ring is 1. The number of pyridine rings is 2. The number of nitrogens with two attached hydrogens (primary N) is 1. The Bertz CT molecular complexity index is 1650. The van der Waals surface area contributed by atoms with Gasteiger partial charge in [-0.3, -0.25) is 20.0 Å². The van der Waals surface area contributed by atoms with Crippen molar-refractivity contribution in [3.63, 3.8) is 0 Å². The summed E-state index contributed by atoms with van der Waals surface area (Å²) in [7, 11) is 1.50. The number of anilines is 1. The number of allylic oxidation sites excluding steroid dienone is 3. The zero-order valence-electron chi connectivity index (χ0n) is 21.7. The van der Waals surface area contributed by atoms with E-state index in [0.29, 0.717) is 46.3 Å². The van der Waals surface area contributed by atoms with Gasteiger partial charge in [0.05, 0.1) is 35.8 Å². The molecule has 1 aliphatic heterocycles. The summed E-state index contributed by atoms with van der Waals surface area (Å²) in [6.45, 7) is 6.54. The average molecular weight is 510 g/mol. The van der Waals surface area contributed by atoms with Crippen molar-refractivity contribution in [1.29, 1.82) is 0 Å². The standard InChI is InChI=1S/C29H28FN7O/c1-5-33-28(25-16(2)6-7-23(17(3)35-25)19-11-21(31)15-32-14-19)29-36-24-8-9-34-26(27(24)37-29)18-10-20(30)13-22(12-18)38-4/h6-15,17H,5,31H2,1-4H3,(H,36,37)/t17-/m0/s1. The van der Waals surface area contributed by atoms with E-state index in [1.54, 1.807) is 24.7 Å². The van der Waals surface area contributed by atoms with E-state index in [2.05, 4.69) is 21.0 Å². The number of aromatic amines is 1. The van der Waals surface area contributed by atoms with Crippen molar-refractivity contribution in [3.05, 3.63) is 83.9 Å². The second-order valence-corrected chi connectivity index (χ2v) is 8.98. The molecule has 0 bridgehead atoms. The first-order valence-corrected chi connectivity index (χ1v) is 12.3. The fourth-order valence-electron chi connectivity index (χ4n) is 4.49. The van der Waals surface area contributed by atoms with Crippen LogP contribution in [0.4, 0.5) is 10.1 Å². The number of imidazole rings is 1. The van der Waals surface area contributed by atoms with E-state index in [9.17, 15) is 4.39 Å². The van der Waals surface area contributed by atoms with Crippen molar-refractivity contribution in [2.45, 2.75) is 26.8 Å². The maximum Gasteiger partial charge on any atom is 0.159 e. The summed E-state index contributed by atoms with van der Waals surface area (Å²) in [4.78, 5) is 26.9. The Kier molecular flexibility index (Phi) is 6.83. The molecule has 0 radical (unpaired) electrons. The summed E-state index contributed by atoms with van der Waals surface area (Å²) in [5, 5.41) is 0. The number of halogens is 1. The summed E-state index contributed by atoms with van der Waals surface area (Å²) in [6.07, 6.45) is 9.16. The molecule has 0 fully saturated rings. The first-order chi connectivity index (χ1) is 18.4. The molecule has 192 valence electrons. The van der Waals surface area contributed by atoms with Crippen molar-refractivity contribution in [2.24, 2.45) is 9.98 Å². The number of methoxy groups -OCH3 is 1. The van der Waals surface area contributed by atoms with Crippen LogP contribution in [-0.2, 0) is 0 Å². The van der Waals surface area contributed by atoms with Gasteiger partial charge in [-0.2, -0.15) is 0 Å². The maximum absolute atomic E-state index is 14.3. The SMILES string of the molecule is CCN=C(C1=N[C@@H](C)C(c2cncc(N)c2)=CC=C1C)c1nc2c(-c3cc(F)cc(OC)c3)nccc2[nH]1. The molecule has 3 aromatic heterocycles. The van der Waals surface area contributed by atoms with E-state index in [4.69, 9.17) is 25.4 Å². The van der Waals surface area contributed by atoms with Gasteiger partial charge in [0.2, 0.25) is 0 Å². The van der Waals surface area contributed by atoms with E-state index in [-0.39, 0.29) is 6.04 Å². The lowest BCUT2D eigenvalue weighted by Crippen LogP contribution is -2.21. The van der Waals surface area contributed by atoms with Gasteiger partial charge in [0.15, 0.2) is 5.82 Å². The Hall–Kier alpha value is -4.66. The first kappa shape index (κ1) is 25.0. The smallest absolute Gasteiger partial charge is 0.159 e. The molecule has 1 aliphatic rings. The van der Waals surface area contributed by atoms with Gasteiger partial charge < -0.3 is 15.5 Å². The minimum Gasteiger partial charge on any atom is -0.497 e. The Balaban J connectivity index is 1.59. The third-order valence-electron chi connectivity index (χ3n) is 6.30. The third kappa shape index (κ3) is 4.82. The van der Waals surface area contributed by atoms with Gasteiger partial charge in [0.1, 0.15) is 22.8 Å². The number of hydrogen-bond acceptors (Lipinski definition) is 7. The number of aliphatic imine (C=N–C) groups is 2. The van der Waals surface area contributed by atoms with Crippen molar-refractivity contribution in [1.82, 2.24) is 19.9 Å². The number of nitrogens with one attached hydrogen (secondary N) is 1. The van der Waals surface area contributed by atoms with E-state index in [1.165, 1.54) is 19.2 Å². The number of rotatable bonds is 6. The third-order valence-corrected chi connectivity index (χ3v) is 6.30. The predicted molar refractivity (Wildman–Crippen MR) is 150 cm³/mol. The van der Waals surface area contributed by atoms with Crippen molar-refractivity contribution in [3.8, 4) is 17.0 Å². The second kappa shape index (κ2) is 10.4. The molecule has 4 heterocycles. The summed E-state index contributed by atoms with van der Waals surface area (Å²) in [6, 6.07) is 8.04. The fourth-order valence-corrected chi connectivity index (χ4v) is 4.49. The van der Waals surface area contributed by atoms with Gasteiger partial charge in [-0.1, -0.05) is 12.2 Å². The molecule has 5 rings (SSSR count). The number of ether oxygens (including phenoxy) is 1. The number of nitrogens with zero attached hydrogens (tertiary/aromatic N) is 5. The van der Waals surface area contributed by atoms with Gasteiger partial charge in [-0.15, -0.1) is 0 Å². The van der Waals surface area contributed by atoms with Crippen LogP contribution >= 0.6 is 0 Å². The van der Waals surface area contributed by atoms with Crippen molar-refractivity contribution in [2.75, 3.05) is 19.4 Å². The molecule has 1 atom stereocenters. The van der Waals surface area contributed by atoms with Crippen LogP contribution in [0.2, 0.25) is 0 Å². The van der Waals surface area contributed by atoms with Gasteiger partial charge in [0.25, 0.3) is 0 Å². The Morgan fingerprint density at radius 1 is 1.16 bits per heavy atom. The summed E-state index contributed by atoms with van der Waals surface area (Å²) in [5.74, 6) is 0.555. The molecule has 8 nitrogen and oxygen atoms in total. The predicted octanol–water partition coefficient (Wildman–Crippen LogP) is 5.43. The van der Waals surface area contributed by atoms with Crippen LogP contribution in [-0.4, -0.2) is 51.1 Å². The summed E-state index contributed by atoms with van der Waals surface area (Å²) >= 11 is 0. The normalized spacial score (nSPS) is 16.1. The maximum atomic E-state index is 14.3. The van der Waals surface area contributed by atoms with Crippen LogP contribution in [0, 0.1) is 5.82 Å². The summed E-state index contributed by atoms with van der Waals surface area (Å²) < 4.78 is 19.5. The van der Waals surface area contributed by atoms with Crippen molar-refractivity contribution >= 4 is 33.7 Å². The highest BCUT2D eigenvalue weighted by Gasteiger charge is 2.23. The van der Waals surface area contributed by atoms with Gasteiger partial charge in [0, 0.05) is 42.3 Å². The zero-order valence-corrected chi connectivity index (χ0v) is 21.7. The highest BCUT2D eigenvalue weighted by atomic mass is 19.1. The first-order valence-electron chi connectivity index (χ1n) is 12.3.